The fourth-order valence-corrected chi connectivity index (χ4v) is 5.65. The largest absolute Gasteiger partial charge is 0.379 e. The van der Waals surface area contributed by atoms with Crippen LogP contribution >= 0.6 is 0 Å². The Bertz CT molecular complexity index is 1120. The Hall–Kier alpha value is -2.53. The van der Waals surface area contributed by atoms with Crippen LogP contribution in [0.15, 0.2) is 47.4 Å². The van der Waals surface area contributed by atoms with Crippen molar-refractivity contribution >= 4 is 21.6 Å². The number of nitrogens with one attached hydrogen (secondary N) is 1. The van der Waals surface area contributed by atoms with Crippen molar-refractivity contribution in [3.05, 3.63) is 59.4 Å². The lowest BCUT2D eigenvalue weighted by molar-refractivity contribution is 0.0730. The van der Waals surface area contributed by atoms with Crippen LogP contribution in [-0.4, -0.2) is 77.3 Å². The summed E-state index contributed by atoms with van der Waals surface area (Å²) in [5.41, 5.74) is 1.43. The molecule has 2 heterocycles. The van der Waals surface area contributed by atoms with Crippen molar-refractivity contribution in [1.29, 1.82) is 0 Å². The number of benzene rings is 2. The van der Waals surface area contributed by atoms with Gasteiger partial charge in [-0.2, -0.15) is 4.31 Å². The molecule has 1 N–H and O–H groups in total. The molecule has 0 saturated carbocycles. The van der Waals surface area contributed by atoms with E-state index in [1.165, 1.54) is 16.4 Å². The maximum absolute atomic E-state index is 14.1. The first kappa shape index (κ1) is 24.6. The average Bonchev–Trinajstić information content (AvgIpc) is 2.86. The highest BCUT2D eigenvalue weighted by Crippen LogP contribution is 2.27. The molecule has 1 unspecified atom stereocenters. The zero-order chi connectivity index (χ0) is 24.1. The smallest absolute Gasteiger partial charge is 0.253 e. The van der Waals surface area contributed by atoms with E-state index in [1.807, 2.05) is 4.90 Å². The van der Waals surface area contributed by atoms with Crippen LogP contribution in [0.5, 0.6) is 0 Å². The molecule has 10 heteroatoms. The van der Waals surface area contributed by atoms with Crippen LogP contribution in [0.4, 0.5) is 10.1 Å². The van der Waals surface area contributed by atoms with Gasteiger partial charge in [-0.15, -0.1) is 0 Å². The number of nitrogens with zero attached hydrogens (tertiary/aromatic N) is 2. The van der Waals surface area contributed by atoms with E-state index in [2.05, 4.69) is 5.32 Å². The number of halogens is 1. The number of ether oxygens (including phenoxy) is 2. The average molecular weight is 492 g/mol. The number of sulfonamides is 1. The number of morpholine rings is 2. The van der Waals surface area contributed by atoms with Crippen LogP contribution in [0.25, 0.3) is 0 Å². The molecule has 2 saturated heterocycles. The lowest BCUT2D eigenvalue weighted by Crippen LogP contribution is -2.41. The van der Waals surface area contributed by atoms with Gasteiger partial charge in [0.15, 0.2) is 0 Å². The van der Waals surface area contributed by atoms with Crippen LogP contribution in [-0.2, 0) is 25.9 Å². The molecule has 2 aliphatic rings. The van der Waals surface area contributed by atoms with Gasteiger partial charge in [-0.3, -0.25) is 4.79 Å². The second-order valence-electron chi connectivity index (χ2n) is 8.46. The fraction of sp³-hybridized carbons (Fsp3) is 0.458. The molecular formula is C24H30FN3O5S. The van der Waals surface area contributed by atoms with Crippen molar-refractivity contribution in [2.45, 2.75) is 24.3 Å². The molecule has 184 valence electrons. The first-order valence-electron chi connectivity index (χ1n) is 11.4. The topological polar surface area (TPSA) is 88.2 Å². The van der Waals surface area contributed by atoms with Crippen molar-refractivity contribution in [2.75, 3.05) is 57.5 Å². The first-order valence-corrected chi connectivity index (χ1v) is 12.9. The van der Waals surface area contributed by atoms with Crippen molar-refractivity contribution in [3.63, 3.8) is 0 Å². The number of carbonyl (C=O) groups excluding carboxylic acids is 1. The predicted molar refractivity (Wildman–Crippen MR) is 126 cm³/mol. The Labute approximate surface area is 199 Å². The number of anilines is 1. The van der Waals surface area contributed by atoms with Gasteiger partial charge in [-0.25, -0.2) is 12.8 Å². The molecule has 4 rings (SSSR count). The molecule has 0 spiro atoms. The Balaban J connectivity index is 1.61. The van der Waals surface area contributed by atoms with Crippen LogP contribution in [0.1, 0.15) is 22.8 Å². The van der Waals surface area contributed by atoms with Crippen LogP contribution in [0, 0.1) is 5.82 Å². The second-order valence-corrected chi connectivity index (χ2v) is 10.4. The van der Waals surface area contributed by atoms with E-state index < -0.39 is 15.9 Å². The maximum atomic E-state index is 14.1. The van der Waals surface area contributed by atoms with Crippen LogP contribution in [0.2, 0.25) is 0 Å². The maximum Gasteiger partial charge on any atom is 0.253 e. The summed E-state index contributed by atoms with van der Waals surface area (Å²) in [7, 11) is -3.77. The molecule has 0 aromatic heterocycles. The third-order valence-corrected chi connectivity index (χ3v) is 7.93. The molecule has 1 amide bonds. The molecule has 2 aromatic carbocycles. The van der Waals surface area contributed by atoms with Gasteiger partial charge in [0, 0.05) is 37.9 Å². The zero-order valence-corrected chi connectivity index (χ0v) is 20.0. The molecule has 1 atom stereocenters. The normalized spacial score (nSPS) is 18.5. The monoisotopic (exact) mass is 491 g/mol. The van der Waals surface area contributed by atoms with Gasteiger partial charge in [0.05, 0.1) is 36.9 Å². The van der Waals surface area contributed by atoms with Gasteiger partial charge >= 0.3 is 0 Å². The highest BCUT2D eigenvalue weighted by atomic mass is 32.2. The molecule has 34 heavy (non-hydrogen) atoms. The Morgan fingerprint density at radius 1 is 1.03 bits per heavy atom. The van der Waals surface area contributed by atoms with Crippen molar-refractivity contribution < 1.29 is 27.1 Å². The van der Waals surface area contributed by atoms with E-state index in [0.29, 0.717) is 57.2 Å². The predicted octanol–water partition coefficient (Wildman–Crippen LogP) is 2.04. The minimum atomic E-state index is -3.77. The molecule has 2 fully saturated rings. The molecule has 0 bridgehead atoms. The lowest BCUT2D eigenvalue weighted by atomic mass is 10.1. The number of rotatable bonds is 7. The van der Waals surface area contributed by atoms with Crippen molar-refractivity contribution in [3.8, 4) is 0 Å². The summed E-state index contributed by atoms with van der Waals surface area (Å²) >= 11 is 0. The van der Waals surface area contributed by atoms with E-state index in [0.717, 1.165) is 0 Å². The molecule has 2 aromatic rings. The number of hydrogen-bond donors (Lipinski definition) is 1. The van der Waals surface area contributed by atoms with Crippen LogP contribution in [0.3, 0.4) is 0 Å². The summed E-state index contributed by atoms with van der Waals surface area (Å²) in [4.78, 5) is 15.4. The summed E-state index contributed by atoms with van der Waals surface area (Å²) in [6.07, 6.45) is 0.317. The Morgan fingerprint density at radius 2 is 1.68 bits per heavy atom. The van der Waals surface area contributed by atoms with E-state index in [-0.39, 0.29) is 35.4 Å². The Kier molecular flexibility index (Phi) is 7.82. The summed E-state index contributed by atoms with van der Waals surface area (Å²) < 4.78 is 52.6. The lowest BCUT2D eigenvalue weighted by Gasteiger charge is -2.31. The van der Waals surface area contributed by atoms with Gasteiger partial charge in [-0.05, 0) is 43.2 Å². The van der Waals surface area contributed by atoms with Crippen molar-refractivity contribution in [1.82, 2.24) is 9.62 Å². The number of amides is 1. The summed E-state index contributed by atoms with van der Waals surface area (Å²) in [6, 6.07) is 10.8. The van der Waals surface area contributed by atoms with Crippen LogP contribution < -0.4 is 10.2 Å². The number of carbonyl (C=O) groups is 1. The molecule has 0 radical (unpaired) electrons. The summed E-state index contributed by atoms with van der Waals surface area (Å²) in [5.74, 6) is -0.722. The van der Waals surface area contributed by atoms with E-state index >= 15 is 0 Å². The highest BCUT2D eigenvalue weighted by Gasteiger charge is 2.29. The quantitative estimate of drug-likeness (QED) is 0.638. The van der Waals surface area contributed by atoms with Gasteiger partial charge in [0.25, 0.3) is 5.91 Å². The molecular weight excluding hydrogens is 461 g/mol. The third-order valence-electron chi connectivity index (χ3n) is 6.03. The van der Waals surface area contributed by atoms with Gasteiger partial charge in [0.1, 0.15) is 5.82 Å². The van der Waals surface area contributed by atoms with E-state index in [1.54, 1.807) is 37.3 Å². The van der Waals surface area contributed by atoms with Gasteiger partial charge < -0.3 is 19.7 Å². The van der Waals surface area contributed by atoms with Gasteiger partial charge in [-0.1, -0.05) is 18.2 Å². The van der Waals surface area contributed by atoms with E-state index in [4.69, 9.17) is 9.47 Å². The molecule has 2 aliphatic heterocycles. The minimum absolute atomic E-state index is 0.0679. The standard InChI is InChI=1S/C24H30FN3O5S/c1-18(16-19-4-2-3-5-22(19)25)26-24(29)21-17-20(34(30,31)28-10-14-33-15-11-28)6-7-23(21)27-8-12-32-13-9-27/h2-7,17-18H,8-16H2,1H3,(H,26,29). The SMILES string of the molecule is CC(Cc1ccccc1F)NC(=O)c1cc(S(=O)(=O)N2CCOCC2)ccc1N1CCOCC1. The molecule has 8 nitrogen and oxygen atoms in total. The highest BCUT2D eigenvalue weighted by molar-refractivity contribution is 7.89. The summed E-state index contributed by atoms with van der Waals surface area (Å²) in [5, 5.41) is 2.92. The van der Waals surface area contributed by atoms with Gasteiger partial charge in [0.2, 0.25) is 10.0 Å². The second kappa shape index (κ2) is 10.8. The number of hydrogen-bond acceptors (Lipinski definition) is 6. The first-order chi connectivity index (χ1) is 16.4. The minimum Gasteiger partial charge on any atom is -0.379 e. The van der Waals surface area contributed by atoms with Crippen molar-refractivity contribution in [2.24, 2.45) is 0 Å². The molecule has 0 aliphatic carbocycles. The summed E-state index contributed by atoms with van der Waals surface area (Å²) in [6.45, 7) is 5.27. The zero-order valence-electron chi connectivity index (χ0n) is 19.2. The fourth-order valence-electron chi connectivity index (χ4n) is 4.22. The third kappa shape index (κ3) is 5.57. The Morgan fingerprint density at radius 3 is 2.35 bits per heavy atom. The van der Waals surface area contributed by atoms with E-state index in [9.17, 15) is 17.6 Å².